The van der Waals surface area contributed by atoms with Gasteiger partial charge in [0.2, 0.25) is 0 Å². The molecule has 2 saturated carbocycles. The largest absolute Gasteiger partial charge is 0.374 e. The van der Waals surface area contributed by atoms with E-state index in [9.17, 15) is 8.78 Å². The predicted octanol–water partition coefficient (Wildman–Crippen LogP) is 5.61. The zero-order chi connectivity index (χ0) is 16.2. The van der Waals surface area contributed by atoms with E-state index < -0.39 is 11.6 Å². The molecule has 0 heterocycles. The van der Waals surface area contributed by atoms with E-state index >= 15 is 0 Å². The highest BCUT2D eigenvalue weighted by atomic mass is 19.1. The summed E-state index contributed by atoms with van der Waals surface area (Å²) in [5, 5.41) is 0. The molecule has 2 fully saturated rings. The van der Waals surface area contributed by atoms with Crippen molar-refractivity contribution in [1.82, 2.24) is 0 Å². The quantitative estimate of drug-likeness (QED) is 0.655. The average Bonchev–Trinajstić information content (AvgIpc) is 2.53. The summed E-state index contributed by atoms with van der Waals surface area (Å²) in [6.45, 7) is 2.72. The number of rotatable bonds is 4. The van der Waals surface area contributed by atoms with Gasteiger partial charge in [-0.05, 0) is 80.9 Å². The smallest absolute Gasteiger partial charge is 0.126 e. The van der Waals surface area contributed by atoms with Gasteiger partial charge in [-0.3, -0.25) is 0 Å². The van der Waals surface area contributed by atoms with Crippen molar-refractivity contribution in [3.63, 3.8) is 0 Å². The summed E-state index contributed by atoms with van der Waals surface area (Å²) in [4.78, 5) is 0. The molecule has 23 heavy (non-hydrogen) atoms. The monoisotopic (exact) mass is 320 g/mol. The fourth-order valence-electron chi connectivity index (χ4n) is 4.40. The molecule has 2 aliphatic rings. The molecule has 0 spiro atoms. The van der Waals surface area contributed by atoms with Crippen molar-refractivity contribution in [3.05, 3.63) is 47.5 Å². The highest BCUT2D eigenvalue weighted by Gasteiger charge is 2.36. The van der Waals surface area contributed by atoms with Crippen molar-refractivity contribution in [2.24, 2.45) is 11.8 Å². The summed E-state index contributed by atoms with van der Waals surface area (Å²) in [6, 6.07) is 3.99. The van der Waals surface area contributed by atoms with Gasteiger partial charge in [0.15, 0.2) is 0 Å². The van der Waals surface area contributed by atoms with Crippen LogP contribution < -0.4 is 0 Å². The van der Waals surface area contributed by atoms with Crippen molar-refractivity contribution in [2.75, 3.05) is 6.61 Å². The zero-order valence-corrected chi connectivity index (χ0v) is 13.8. The van der Waals surface area contributed by atoms with Crippen molar-refractivity contribution in [1.29, 1.82) is 0 Å². The number of halogens is 2. The van der Waals surface area contributed by atoms with Crippen LogP contribution in [0.2, 0.25) is 0 Å². The molecule has 0 aromatic heterocycles. The molecule has 0 bridgehead atoms. The first-order chi connectivity index (χ1) is 11.2. The lowest BCUT2D eigenvalue weighted by Gasteiger charge is -2.42. The third kappa shape index (κ3) is 4.20. The molecular formula is C20H26F2O. The Morgan fingerprint density at radius 3 is 2.43 bits per heavy atom. The lowest BCUT2D eigenvalue weighted by atomic mass is 9.65. The molecule has 1 aromatic rings. The maximum Gasteiger partial charge on any atom is 0.126 e. The van der Waals surface area contributed by atoms with Gasteiger partial charge in [-0.15, -0.1) is 0 Å². The van der Waals surface area contributed by atoms with Crippen LogP contribution in [0, 0.1) is 23.5 Å². The summed E-state index contributed by atoms with van der Waals surface area (Å²) in [5.74, 6) is 0.795. The van der Waals surface area contributed by atoms with Gasteiger partial charge in [0.25, 0.3) is 0 Å². The Balaban J connectivity index is 1.58. The molecule has 3 rings (SSSR count). The van der Waals surface area contributed by atoms with Crippen LogP contribution in [0.15, 0.2) is 30.4 Å². The maximum absolute atomic E-state index is 13.5. The Morgan fingerprint density at radius 2 is 1.70 bits per heavy atom. The summed E-state index contributed by atoms with van der Waals surface area (Å²) in [6.07, 6.45) is 11.2. The van der Waals surface area contributed by atoms with E-state index in [2.05, 4.69) is 6.08 Å². The van der Waals surface area contributed by atoms with Gasteiger partial charge in [-0.25, -0.2) is 8.78 Å². The molecule has 1 aromatic carbocycles. The van der Waals surface area contributed by atoms with E-state index in [0.717, 1.165) is 43.7 Å². The molecule has 3 heteroatoms. The van der Waals surface area contributed by atoms with Crippen LogP contribution in [-0.4, -0.2) is 12.7 Å². The zero-order valence-electron chi connectivity index (χ0n) is 13.8. The Hall–Kier alpha value is -1.22. The topological polar surface area (TPSA) is 9.23 Å². The minimum atomic E-state index is -0.455. The Kier molecular flexibility index (Phi) is 5.47. The highest BCUT2D eigenvalue weighted by molar-refractivity contribution is 5.22. The first-order valence-corrected chi connectivity index (χ1v) is 8.84. The van der Waals surface area contributed by atoms with Crippen LogP contribution in [0.5, 0.6) is 0 Å². The molecule has 2 aliphatic carbocycles. The first kappa shape index (κ1) is 16.6. The molecule has 0 aliphatic heterocycles. The van der Waals surface area contributed by atoms with Crippen molar-refractivity contribution < 1.29 is 13.5 Å². The van der Waals surface area contributed by atoms with Crippen molar-refractivity contribution >= 4 is 0 Å². The van der Waals surface area contributed by atoms with Crippen molar-refractivity contribution in [2.45, 2.75) is 57.5 Å². The summed E-state index contributed by atoms with van der Waals surface area (Å²) >= 11 is 0. The standard InChI is InChI=1S/C20H26F2O/c1-2-3-8-23-20-7-6-14-9-15(4-5-16(14)12-20)17-10-18(21)13-19(22)11-17/h2-3,10-11,13-16,20H,4-9,12H2,1H3/b3-2+. The van der Waals surface area contributed by atoms with Gasteiger partial charge in [-0.2, -0.15) is 0 Å². The molecule has 0 saturated heterocycles. The van der Waals surface area contributed by atoms with Crippen LogP contribution in [0.1, 0.15) is 56.9 Å². The third-order valence-electron chi connectivity index (χ3n) is 5.59. The van der Waals surface area contributed by atoms with E-state index in [-0.39, 0.29) is 0 Å². The molecule has 0 N–H and O–H groups in total. The molecule has 0 radical (unpaired) electrons. The normalized spacial score (nSPS) is 31.3. The number of benzene rings is 1. The summed E-state index contributed by atoms with van der Waals surface area (Å²) < 4.78 is 32.8. The van der Waals surface area contributed by atoms with E-state index in [4.69, 9.17) is 4.74 Å². The second-order valence-corrected chi connectivity index (χ2v) is 7.07. The second kappa shape index (κ2) is 7.57. The van der Waals surface area contributed by atoms with Crippen LogP contribution in [0.4, 0.5) is 8.78 Å². The van der Waals surface area contributed by atoms with Gasteiger partial charge in [0.1, 0.15) is 11.6 Å². The molecule has 4 unspecified atom stereocenters. The predicted molar refractivity (Wildman–Crippen MR) is 88.3 cm³/mol. The SMILES string of the molecule is C/C=C/COC1CCC2CC(c3cc(F)cc(F)c3)CCC2C1. The fourth-order valence-corrected chi connectivity index (χ4v) is 4.40. The summed E-state index contributed by atoms with van der Waals surface area (Å²) in [5.41, 5.74) is 0.840. The molecule has 1 nitrogen and oxygen atoms in total. The number of allylic oxidation sites excluding steroid dienone is 1. The average molecular weight is 320 g/mol. The molecule has 126 valence electrons. The van der Waals surface area contributed by atoms with E-state index in [0.29, 0.717) is 30.5 Å². The minimum Gasteiger partial charge on any atom is -0.374 e. The number of fused-ring (bicyclic) bond motifs is 1. The molecule has 0 amide bonds. The van der Waals surface area contributed by atoms with E-state index in [1.807, 2.05) is 13.0 Å². The number of ether oxygens (including phenoxy) is 1. The molecular weight excluding hydrogens is 294 g/mol. The van der Waals surface area contributed by atoms with Crippen LogP contribution in [0.3, 0.4) is 0 Å². The van der Waals surface area contributed by atoms with Gasteiger partial charge >= 0.3 is 0 Å². The van der Waals surface area contributed by atoms with Crippen LogP contribution in [0.25, 0.3) is 0 Å². The third-order valence-corrected chi connectivity index (χ3v) is 5.59. The second-order valence-electron chi connectivity index (χ2n) is 7.07. The lowest BCUT2D eigenvalue weighted by Crippen LogP contribution is -2.33. The number of hydrogen-bond acceptors (Lipinski definition) is 1. The number of hydrogen-bond donors (Lipinski definition) is 0. The van der Waals surface area contributed by atoms with Crippen molar-refractivity contribution in [3.8, 4) is 0 Å². The Labute approximate surface area is 137 Å². The highest BCUT2D eigenvalue weighted by Crippen LogP contribution is 2.46. The van der Waals surface area contributed by atoms with E-state index in [1.54, 1.807) is 0 Å². The van der Waals surface area contributed by atoms with Gasteiger partial charge in [-0.1, -0.05) is 12.2 Å². The Bertz CT molecular complexity index is 534. The Morgan fingerprint density at radius 1 is 1.00 bits per heavy atom. The van der Waals surface area contributed by atoms with Crippen LogP contribution >= 0.6 is 0 Å². The van der Waals surface area contributed by atoms with Crippen LogP contribution in [-0.2, 0) is 4.74 Å². The van der Waals surface area contributed by atoms with Gasteiger partial charge in [0, 0.05) is 6.07 Å². The molecule has 4 atom stereocenters. The lowest BCUT2D eigenvalue weighted by molar-refractivity contribution is -0.00321. The summed E-state index contributed by atoms with van der Waals surface area (Å²) in [7, 11) is 0. The van der Waals surface area contributed by atoms with Gasteiger partial charge in [0.05, 0.1) is 12.7 Å². The first-order valence-electron chi connectivity index (χ1n) is 8.84. The van der Waals surface area contributed by atoms with E-state index in [1.165, 1.54) is 18.6 Å². The minimum absolute atomic E-state index is 0.307. The van der Waals surface area contributed by atoms with Gasteiger partial charge < -0.3 is 4.74 Å². The fraction of sp³-hybridized carbons (Fsp3) is 0.600. The maximum atomic E-state index is 13.5.